The fraction of sp³-hybridized carbons (Fsp3) is 0.300. The van der Waals surface area contributed by atoms with Crippen LogP contribution in [0.2, 0.25) is 0 Å². The molecule has 0 radical (unpaired) electrons. The zero-order chi connectivity index (χ0) is 10.8. The third kappa shape index (κ3) is 1.73. The monoisotopic (exact) mass is 204 g/mol. The summed E-state index contributed by atoms with van der Waals surface area (Å²) in [4.78, 5) is 7.97. The predicted octanol–water partition coefficient (Wildman–Crippen LogP) is 0.600. The first kappa shape index (κ1) is 9.79. The number of aryl methyl sites for hydroxylation is 1. The number of hydrogen-bond acceptors (Lipinski definition) is 4. The first-order chi connectivity index (χ1) is 7.20. The molecule has 0 saturated carbocycles. The summed E-state index contributed by atoms with van der Waals surface area (Å²) in [6.07, 6.45) is 5.58. The zero-order valence-electron chi connectivity index (χ0n) is 8.62. The molecule has 1 unspecified atom stereocenters. The fourth-order valence-electron chi connectivity index (χ4n) is 1.40. The van der Waals surface area contributed by atoms with Crippen LogP contribution in [0.25, 0.3) is 0 Å². The summed E-state index contributed by atoms with van der Waals surface area (Å²) < 4.78 is 1.72. The summed E-state index contributed by atoms with van der Waals surface area (Å²) in [5.41, 5.74) is 2.22. The Balaban J connectivity index is 2.37. The Morgan fingerprint density at radius 2 is 2.13 bits per heavy atom. The average Bonchev–Trinajstić information content (AvgIpc) is 2.60. The highest BCUT2D eigenvalue weighted by atomic mass is 16.3. The smallest absolute Gasteiger partial charge is 0.126 e. The van der Waals surface area contributed by atoms with E-state index in [-0.39, 0.29) is 0 Å². The molecule has 1 N–H and O–H groups in total. The number of aromatic nitrogens is 4. The van der Waals surface area contributed by atoms with Crippen molar-refractivity contribution >= 4 is 0 Å². The third-order valence-electron chi connectivity index (χ3n) is 2.43. The first-order valence-electron chi connectivity index (χ1n) is 4.62. The Hall–Kier alpha value is -1.75. The van der Waals surface area contributed by atoms with Crippen molar-refractivity contribution in [3.05, 3.63) is 41.7 Å². The van der Waals surface area contributed by atoms with Crippen molar-refractivity contribution in [1.82, 2.24) is 19.7 Å². The van der Waals surface area contributed by atoms with Crippen molar-refractivity contribution in [3.63, 3.8) is 0 Å². The maximum absolute atomic E-state index is 10.0. The van der Waals surface area contributed by atoms with E-state index in [1.165, 1.54) is 0 Å². The molecule has 5 heteroatoms. The highest BCUT2D eigenvalue weighted by Gasteiger charge is 2.16. The molecule has 0 spiro atoms. The van der Waals surface area contributed by atoms with Crippen molar-refractivity contribution in [1.29, 1.82) is 0 Å². The number of aliphatic hydroxyl groups is 1. The van der Waals surface area contributed by atoms with Gasteiger partial charge in [-0.05, 0) is 6.92 Å². The van der Waals surface area contributed by atoms with Gasteiger partial charge < -0.3 is 5.11 Å². The van der Waals surface area contributed by atoms with Gasteiger partial charge in [-0.3, -0.25) is 14.6 Å². The second kappa shape index (κ2) is 3.78. The molecule has 5 nitrogen and oxygen atoms in total. The van der Waals surface area contributed by atoms with Gasteiger partial charge in [0.2, 0.25) is 0 Å². The minimum atomic E-state index is -0.757. The summed E-state index contributed by atoms with van der Waals surface area (Å²) in [6, 6.07) is 0. The van der Waals surface area contributed by atoms with Crippen LogP contribution >= 0.6 is 0 Å². The maximum atomic E-state index is 10.0. The molecule has 0 aliphatic carbocycles. The number of rotatable bonds is 2. The normalized spacial score (nSPS) is 12.7. The Kier molecular flexibility index (Phi) is 2.47. The zero-order valence-corrected chi connectivity index (χ0v) is 8.62. The van der Waals surface area contributed by atoms with Gasteiger partial charge in [0.15, 0.2) is 0 Å². The van der Waals surface area contributed by atoms with Gasteiger partial charge in [-0.1, -0.05) is 0 Å². The van der Waals surface area contributed by atoms with Gasteiger partial charge in [0, 0.05) is 30.7 Å². The highest BCUT2D eigenvalue weighted by molar-refractivity contribution is 5.25. The molecule has 2 rings (SSSR count). The number of nitrogens with zero attached hydrogens (tertiary/aromatic N) is 4. The molecule has 2 heterocycles. The molecule has 0 saturated heterocycles. The molecule has 0 amide bonds. The predicted molar refractivity (Wildman–Crippen MR) is 54.0 cm³/mol. The Morgan fingerprint density at radius 3 is 2.67 bits per heavy atom. The molecule has 0 aliphatic heterocycles. The topological polar surface area (TPSA) is 63.8 Å². The molecule has 0 bridgehead atoms. The van der Waals surface area contributed by atoms with Gasteiger partial charge in [0.1, 0.15) is 6.10 Å². The van der Waals surface area contributed by atoms with E-state index in [2.05, 4.69) is 15.1 Å². The van der Waals surface area contributed by atoms with E-state index >= 15 is 0 Å². The van der Waals surface area contributed by atoms with Gasteiger partial charge in [-0.15, -0.1) is 0 Å². The first-order valence-corrected chi connectivity index (χ1v) is 4.62. The lowest BCUT2D eigenvalue weighted by Gasteiger charge is -2.08. The van der Waals surface area contributed by atoms with Crippen LogP contribution in [0.15, 0.2) is 24.8 Å². The quantitative estimate of drug-likeness (QED) is 0.778. The van der Waals surface area contributed by atoms with Crippen LogP contribution in [-0.4, -0.2) is 24.9 Å². The van der Waals surface area contributed by atoms with Gasteiger partial charge in [0.25, 0.3) is 0 Å². The fourth-order valence-corrected chi connectivity index (χ4v) is 1.40. The summed E-state index contributed by atoms with van der Waals surface area (Å²) in [6.45, 7) is 1.90. The lowest BCUT2D eigenvalue weighted by Crippen LogP contribution is -2.04. The Morgan fingerprint density at radius 1 is 1.33 bits per heavy atom. The SMILES string of the molecule is Cc1c(C(O)c2cnccn2)cnn1C. The van der Waals surface area contributed by atoms with Crippen LogP contribution in [0.5, 0.6) is 0 Å². The van der Waals surface area contributed by atoms with E-state index in [4.69, 9.17) is 0 Å². The van der Waals surface area contributed by atoms with Crippen LogP contribution in [-0.2, 0) is 7.05 Å². The second-order valence-electron chi connectivity index (χ2n) is 3.34. The van der Waals surface area contributed by atoms with E-state index in [1.807, 2.05) is 14.0 Å². The molecule has 1 atom stereocenters. The van der Waals surface area contributed by atoms with Gasteiger partial charge in [0.05, 0.1) is 18.1 Å². The Labute approximate surface area is 87.4 Å². The molecule has 2 aromatic heterocycles. The molecular weight excluding hydrogens is 192 g/mol. The minimum Gasteiger partial charge on any atom is -0.382 e. The van der Waals surface area contributed by atoms with Crippen LogP contribution in [0.1, 0.15) is 23.1 Å². The molecular formula is C10H12N4O. The van der Waals surface area contributed by atoms with Crippen LogP contribution in [0.4, 0.5) is 0 Å². The van der Waals surface area contributed by atoms with Crippen molar-refractivity contribution in [2.45, 2.75) is 13.0 Å². The van der Waals surface area contributed by atoms with Gasteiger partial charge in [-0.25, -0.2) is 0 Å². The van der Waals surface area contributed by atoms with E-state index in [0.29, 0.717) is 5.69 Å². The summed E-state index contributed by atoms with van der Waals surface area (Å²) in [7, 11) is 1.84. The lowest BCUT2D eigenvalue weighted by molar-refractivity contribution is 0.214. The summed E-state index contributed by atoms with van der Waals surface area (Å²) in [5.74, 6) is 0. The van der Waals surface area contributed by atoms with Crippen LogP contribution in [0, 0.1) is 6.92 Å². The number of aliphatic hydroxyl groups excluding tert-OH is 1. The molecule has 15 heavy (non-hydrogen) atoms. The summed E-state index contributed by atoms with van der Waals surface area (Å²) >= 11 is 0. The van der Waals surface area contributed by atoms with Crippen LogP contribution < -0.4 is 0 Å². The molecule has 0 aliphatic rings. The van der Waals surface area contributed by atoms with E-state index in [9.17, 15) is 5.11 Å². The van der Waals surface area contributed by atoms with Crippen molar-refractivity contribution in [3.8, 4) is 0 Å². The Bertz CT molecular complexity index is 452. The van der Waals surface area contributed by atoms with Crippen molar-refractivity contribution in [2.75, 3.05) is 0 Å². The minimum absolute atomic E-state index is 0.536. The van der Waals surface area contributed by atoms with E-state index in [0.717, 1.165) is 11.3 Å². The molecule has 78 valence electrons. The largest absolute Gasteiger partial charge is 0.382 e. The lowest BCUT2D eigenvalue weighted by atomic mass is 10.1. The molecule has 0 fully saturated rings. The van der Waals surface area contributed by atoms with Gasteiger partial charge in [-0.2, -0.15) is 5.10 Å². The van der Waals surface area contributed by atoms with Crippen molar-refractivity contribution < 1.29 is 5.11 Å². The maximum Gasteiger partial charge on any atom is 0.126 e. The van der Waals surface area contributed by atoms with E-state index in [1.54, 1.807) is 29.5 Å². The third-order valence-corrected chi connectivity index (χ3v) is 2.43. The highest BCUT2D eigenvalue weighted by Crippen LogP contribution is 2.21. The number of hydrogen-bond donors (Lipinski definition) is 1. The second-order valence-corrected chi connectivity index (χ2v) is 3.34. The molecule has 0 aromatic carbocycles. The average molecular weight is 204 g/mol. The summed E-state index contributed by atoms with van der Waals surface area (Å²) in [5, 5.41) is 14.1. The molecule has 2 aromatic rings. The van der Waals surface area contributed by atoms with E-state index < -0.39 is 6.10 Å². The standard InChI is InChI=1S/C10H12N4O/c1-7-8(5-13-14(7)2)10(15)9-6-11-3-4-12-9/h3-6,10,15H,1-2H3. The van der Waals surface area contributed by atoms with Gasteiger partial charge >= 0.3 is 0 Å². The van der Waals surface area contributed by atoms with Crippen LogP contribution in [0.3, 0.4) is 0 Å². The van der Waals surface area contributed by atoms with Crippen molar-refractivity contribution in [2.24, 2.45) is 7.05 Å².